The zero-order valence-electron chi connectivity index (χ0n) is 22.4. The van der Waals surface area contributed by atoms with Crippen LogP contribution in [0.25, 0.3) is 10.9 Å². The molecule has 4 rings (SSSR count). The van der Waals surface area contributed by atoms with E-state index in [1.165, 1.54) is 24.6 Å². The van der Waals surface area contributed by atoms with Crippen LogP contribution >= 0.6 is 0 Å². The van der Waals surface area contributed by atoms with Crippen LogP contribution in [0.15, 0.2) is 47.3 Å². The number of aromatic amines is 1. The number of aromatic hydroxyl groups is 1. The van der Waals surface area contributed by atoms with Crippen molar-refractivity contribution < 1.29 is 23.4 Å². The SMILES string of the molecule is O=C(CCOCCc1cc(F)cc(F)c1)N(CCCCCc1ccc(O)c2[nH]c(=O)ccc12)C1CCCCC1. The monoisotopic (exact) mass is 540 g/mol. The van der Waals surface area contributed by atoms with Gasteiger partial charge in [0.05, 0.1) is 25.2 Å². The molecule has 0 atom stereocenters. The Balaban J connectivity index is 1.23. The highest BCUT2D eigenvalue weighted by molar-refractivity contribution is 5.87. The number of pyridine rings is 1. The lowest BCUT2D eigenvalue weighted by Crippen LogP contribution is -2.42. The molecule has 1 amide bonds. The lowest BCUT2D eigenvalue weighted by molar-refractivity contribution is -0.135. The molecule has 1 saturated carbocycles. The van der Waals surface area contributed by atoms with Crippen molar-refractivity contribution in [2.24, 2.45) is 0 Å². The van der Waals surface area contributed by atoms with Gasteiger partial charge in [0.25, 0.3) is 0 Å². The number of carbonyl (C=O) groups is 1. The first-order chi connectivity index (χ1) is 18.9. The molecule has 1 heterocycles. The maximum Gasteiger partial charge on any atom is 0.248 e. The number of aromatic nitrogens is 1. The number of carbonyl (C=O) groups excluding carboxylic acids is 1. The summed E-state index contributed by atoms with van der Waals surface area (Å²) in [4.78, 5) is 29.6. The molecule has 1 fully saturated rings. The number of rotatable bonds is 13. The summed E-state index contributed by atoms with van der Waals surface area (Å²) in [5.74, 6) is -1.03. The number of phenols is 1. The summed E-state index contributed by atoms with van der Waals surface area (Å²) in [5.41, 5.74) is 1.85. The number of hydrogen-bond acceptors (Lipinski definition) is 4. The van der Waals surface area contributed by atoms with Crippen molar-refractivity contribution in [3.05, 3.63) is 75.6 Å². The highest BCUT2D eigenvalue weighted by atomic mass is 19.1. The van der Waals surface area contributed by atoms with E-state index in [9.17, 15) is 23.5 Å². The largest absolute Gasteiger partial charge is 0.506 e. The molecule has 8 heteroatoms. The van der Waals surface area contributed by atoms with Crippen molar-refractivity contribution in [2.75, 3.05) is 19.8 Å². The fraction of sp³-hybridized carbons (Fsp3) is 0.484. The number of H-pyrrole nitrogens is 1. The lowest BCUT2D eigenvalue weighted by atomic mass is 9.93. The van der Waals surface area contributed by atoms with Crippen molar-refractivity contribution in [3.63, 3.8) is 0 Å². The third-order valence-electron chi connectivity index (χ3n) is 7.56. The summed E-state index contributed by atoms with van der Waals surface area (Å²) in [5, 5.41) is 10.9. The van der Waals surface area contributed by atoms with Gasteiger partial charge in [-0.1, -0.05) is 31.7 Å². The Morgan fingerprint density at radius 1 is 0.949 bits per heavy atom. The van der Waals surface area contributed by atoms with Crippen LogP contribution in [0.3, 0.4) is 0 Å². The molecule has 39 heavy (non-hydrogen) atoms. The first-order valence-electron chi connectivity index (χ1n) is 14.1. The highest BCUT2D eigenvalue weighted by Crippen LogP contribution is 2.27. The van der Waals surface area contributed by atoms with Crippen LogP contribution in [0.1, 0.15) is 68.9 Å². The minimum Gasteiger partial charge on any atom is -0.506 e. The van der Waals surface area contributed by atoms with E-state index in [2.05, 4.69) is 4.98 Å². The van der Waals surface area contributed by atoms with E-state index in [-0.39, 0.29) is 29.9 Å². The van der Waals surface area contributed by atoms with Gasteiger partial charge in [-0.15, -0.1) is 0 Å². The molecular formula is C31H38F2N2O4. The van der Waals surface area contributed by atoms with Crippen molar-refractivity contribution in [3.8, 4) is 5.75 Å². The molecular weight excluding hydrogens is 502 g/mol. The molecule has 1 aliphatic carbocycles. The Labute approximate surface area is 228 Å². The molecule has 2 aromatic carbocycles. The minimum absolute atomic E-state index is 0.0694. The molecule has 0 saturated heterocycles. The lowest BCUT2D eigenvalue weighted by Gasteiger charge is -2.34. The van der Waals surface area contributed by atoms with E-state index >= 15 is 0 Å². The standard InChI is InChI=1S/C31H38F2N2O4/c32-24-19-22(20-25(33)21-24)14-17-39-18-15-30(38)35(26-8-4-1-5-9-26)16-6-2-3-7-23-10-12-28(36)31-27(23)11-13-29(37)34-31/h10-13,19-21,26,36H,1-9,14-18H2,(H,34,37). The van der Waals surface area contributed by atoms with Crippen molar-refractivity contribution in [1.82, 2.24) is 9.88 Å². The summed E-state index contributed by atoms with van der Waals surface area (Å²) in [6.45, 7) is 1.31. The summed E-state index contributed by atoms with van der Waals surface area (Å²) < 4.78 is 32.3. The van der Waals surface area contributed by atoms with Crippen LogP contribution in [-0.2, 0) is 22.4 Å². The van der Waals surface area contributed by atoms with E-state index in [1.54, 1.807) is 12.1 Å². The van der Waals surface area contributed by atoms with Gasteiger partial charge >= 0.3 is 0 Å². The summed E-state index contributed by atoms with van der Waals surface area (Å²) >= 11 is 0. The first-order valence-corrected chi connectivity index (χ1v) is 14.1. The molecule has 2 N–H and O–H groups in total. The smallest absolute Gasteiger partial charge is 0.248 e. The number of aryl methyl sites for hydroxylation is 1. The van der Waals surface area contributed by atoms with Gasteiger partial charge in [0.15, 0.2) is 0 Å². The van der Waals surface area contributed by atoms with Gasteiger partial charge in [-0.2, -0.15) is 0 Å². The quantitative estimate of drug-likeness (QED) is 0.259. The fourth-order valence-corrected chi connectivity index (χ4v) is 5.54. The second kappa shape index (κ2) is 14.2. The number of hydrogen-bond donors (Lipinski definition) is 2. The molecule has 6 nitrogen and oxygen atoms in total. The Kier molecular flexibility index (Phi) is 10.5. The third-order valence-corrected chi connectivity index (χ3v) is 7.56. The van der Waals surface area contributed by atoms with E-state index in [1.807, 2.05) is 11.0 Å². The van der Waals surface area contributed by atoms with Gasteiger partial charge in [-0.05, 0) is 73.9 Å². The average molecular weight is 541 g/mol. The second-order valence-corrected chi connectivity index (χ2v) is 10.4. The summed E-state index contributed by atoms with van der Waals surface area (Å²) in [6.07, 6.45) is 9.89. The Hall–Kier alpha value is -3.26. The molecule has 1 aliphatic rings. The van der Waals surface area contributed by atoms with Gasteiger partial charge in [-0.25, -0.2) is 8.78 Å². The number of unbranched alkanes of at least 4 members (excludes halogenated alkanes) is 2. The van der Waals surface area contributed by atoms with Crippen molar-refractivity contribution in [1.29, 1.82) is 0 Å². The van der Waals surface area contributed by atoms with Crippen LogP contribution < -0.4 is 5.56 Å². The molecule has 1 aromatic heterocycles. The van der Waals surface area contributed by atoms with Crippen LogP contribution in [0.2, 0.25) is 0 Å². The Bertz CT molecular complexity index is 1280. The topological polar surface area (TPSA) is 82.6 Å². The number of phenolic OH excluding ortho intramolecular Hbond substituents is 1. The number of ether oxygens (including phenoxy) is 1. The number of nitrogens with zero attached hydrogens (tertiary/aromatic N) is 1. The molecule has 0 spiro atoms. The Morgan fingerprint density at radius 3 is 2.49 bits per heavy atom. The predicted molar refractivity (Wildman–Crippen MR) is 148 cm³/mol. The molecule has 210 valence electrons. The molecule has 0 aliphatic heterocycles. The van der Waals surface area contributed by atoms with Crippen molar-refractivity contribution >= 4 is 16.8 Å². The average Bonchev–Trinajstić information content (AvgIpc) is 2.91. The minimum atomic E-state index is -0.601. The van der Waals surface area contributed by atoms with E-state index < -0.39 is 11.6 Å². The number of benzene rings is 2. The van der Waals surface area contributed by atoms with Crippen molar-refractivity contribution in [2.45, 2.75) is 76.7 Å². The zero-order chi connectivity index (χ0) is 27.6. The number of halogens is 2. The third kappa shape index (κ3) is 8.36. The maximum absolute atomic E-state index is 13.3. The van der Waals surface area contributed by atoms with E-state index in [0.717, 1.165) is 74.9 Å². The van der Waals surface area contributed by atoms with Crippen LogP contribution in [0.5, 0.6) is 5.75 Å². The molecule has 0 unspecified atom stereocenters. The zero-order valence-corrected chi connectivity index (χ0v) is 22.4. The van der Waals surface area contributed by atoms with Crippen LogP contribution in [-0.4, -0.2) is 46.7 Å². The van der Waals surface area contributed by atoms with Gasteiger partial charge in [0.1, 0.15) is 17.4 Å². The Morgan fingerprint density at radius 2 is 1.72 bits per heavy atom. The van der Waals surface area contributed by atoms with E-state index in [4.69, 9.17) is 4.74 Å². The normalized spacial score (nSPS) is 14.1. The fourth-order valence-electron chi connectivity index (χ4n) is 5.54. The highest BCUT2D eigenvalue weighted by Gasteiger charge is 2.24. The number of amides is 1. The van der Waals surface area contributed by atoms with Crippen LogP contribution in [0, 0.1) is 11.6 Å². The maximum atomic E-state index is 13.3. The number of fused-ring (bicyclic) bond motifs is 1. The van der Waals surface area contributed by atoms with Crippen LogP contribution in [0.4, 0.5) is 8.78 Å². The first kappa shape index (κ1) is 28.7. The van der Waals surface area contributed by atoms with Gasteiger partial charge in [0, 0.05) is 30.1 Å². The van der Waals surface area contributed by atoms with Gasteiger partial charge < -0.3 is 19.7 Å². The number of nitrogens with one attached hydrogen (secondary N) is 1. The van der Waals surface area contributed by atoms with Gasteiger partial charge in [0.2, 0.25) is 11.5 Å². The predicted octanol–water partition coefficient (Wildman–Crippen LogP) is 6.04. The van der Waals surface area contributed by atoms with Gasteiger partial charge in [-0.3, -0.25) is 9.59 Å². The summed E-state index contributed by atoms with van der Waals surface area (Å²) in [6, 6.07) is 10.5. The molecule has 0 radical (unpaired) electrons. The molecule has 3 aromatic rings. The van der Waals surface area contributed by atoms with E-state index in [0.29, 0.717) is 30.5 Å². The summed E-state index contributed by atoms with van der Waals surface area (Å²) in [7, 11) is 0. The molecule has 0 bridgehead atoms. The second-order valence-electron chi connectivity index (χ2n) is 10.4.